The van der Waals surface area contributed by atoms with Crippen molar-refractivity contribution in [1.82, 2.24) is 14.9 Å². The Morgan fingerprint density at radius 1 is 1.29 bits per heavy atom. The largest absolute Gasteiger partial charge is 0.461 e. The molecule has 3 heterocycles. The summed E-state index contributed by atoms with van der Waals surface area (Å²) in [7, 11) is 0. The minimum Gasteiger partial charge on any atom is -0.461 e. The minimum atomic E-state index is -0.240. The fourth-order valence-corrected chi connectivity index (χ4v) is 2.98. The van der Waals surface area contributed by atoms with Crippen molar-refractivity contribution < 1.29 is 13.9 Å². The number of rotatable bonds is 2. The number of carbonyl (C=O) groups excluding carboxylic acids is 1. The summed E-state index contributed by atoms with van der Waals surface area (Å²) in [6.07, 6.45) is 4.70. The van der Waals surface area contributed by atoms with Gasteiger partial charge in [0.15, 0.2) is 0 Å². The van der Waals surface area contributed by atoms with Crippen LogP contribution in [0.4, 0.5) is 0 Å². The molecule has 1 unspecified atom stereocenters. The summed E-state index contributed by atoms with van der Waals surface area (Å²) >= 11 is 0. The summed E-state index contributed by atoms with van der Waals surface area (Å²) in [5, 5.41) is 0.942. The lowest BCUT2D eigenvalue weighted by molar-refractivity contribution is -0.0248. The summed E-state index contributed by atoms with van der Waals surface area (Å²) in [6, 6.07) is 7.46. The summed E-state index contributed by atoms with van der Waals surface area (Å²) in [5.41, 5.74) is 2.20. The molecule has 1 aliphatic rings. The molecule has 1 amide bonds. The molecule has 1 saturated heterocycles. The quantitative estimate of drug-likeness (QED) is 0.725. The second-order valence-corrected chi connectivity index (χ2v) is 5.85. The number of amides is 1. The van der Waals surface area contributed by atoms with Gasteiger partial charge in [0, 0.05) is 29.9 Å². The first kappa shape index (κ1) is 14.8. The zero-order chi connectivity index (χ0) is 16.5. The number of hydrogen-bond acceptors (Lipinski definition) is 5. The monoisotopic (exact) mass is 323 g/mol. The standard InChI is InChI=1S/C18H17N3O3/c1-12-8-14-9-13(2-3-16(14)24-12)18(22)21-6-7-23-17(11-21)15-10-19-4-5-20-15/h2-5,8-10,17H,6-7,11H2,1H3. The van der Waals surface area contributed by atoms with Crippen molar-refractivity contribution >= 4 is 16.9 Å². The Labute approximate surface area is 139 Å². The average molecular weight is 323 g/mol. The SMILES string of the molecule is Cc1cc2cc(C(=O)N3CCOC(c4cnccn4)C3)ccc2o1. The highest BCUT2D eigenvalue weighted by atomic mass is 16.5. The smallest absolute Gasteiger partial charge is 0.254 e. The van der Waals surface area contributed by atoms with Crippen LogP contribution in [-0.2, 0) is 4.74 Å². The highest BCUT2D eigenvalue weighted by molar-refractivity contribution is 5.97. The molecule has 24 heavy (non-hydrogen) atoms. The van der Waals surface area contributed by atoms with Crippen LogP contribution in [0, 0.1) is 6.92 Å². The summed E-state index contributed by atoms with van der Waals surface area (Å²) in [4.78, 5) is 23.0. The van der Waals surface area contributed by atoms with E-state index in [1.54, 1.807) is 29.6 Å². The third-order valence-corrected chi connectivity index (χ3v) is 4.15. The maximum Gasteiger partial charge on any atom is 0.254 e. The van der Waals surface area contributed by atoms with Gasteiger partial charge in [0.1, 0.15) is 17.4 Å². The molecule has 1 aromatic carbocycles. The molecule has 0 saturated carbocycles. The van der Waals surface area contributed by atoms with E-state index in [1.807, 2.05) is 25.1 Å². The third-order valence-electron chi connectivity index (χ3n) is 4.15. The van der Waals surface area contributed by atoms with Crippen molar-refractivity contribution in [2.24, 2.45) is 0 Å². The Morgan fingerprint density at radius 2 is 2.21 bits per heavy atom. The Morgan fingerprint density at radius 3 is 3.04 bits per heavy atom. The van der Waals surface area contributed by atoms with Gasteiger partial charge < -0.3 is 14.1 Å². The van der Waals surface area contributed by atoms with Crippen molar-refractivity contribution in [3.8, 4) is 0 Å². The summed E-state index contributed by atoms with van der Waals surface area (Å²) < 4.78 is 11.3. The zero-order valence-corrected chi connectivity index (χ0v) is 13.3. The van der Waals surface area contributed by atoms with Crippen LogP contribution in [0.3, 0.4) is 0 Å². The van der Waals surface area contributed by atoms with Gasteiger partial charge in [0.05, 0.1) is 25.0 Å². The molecule has 0 spiro atoms. The zero-order valence-electron chi connectivity index (χ0n) is 13.3. The van der Waals surface area contributed by atoms with Crippen LogP contribution < -0.4 is 0 Å². The molecule has 3 aromatic rings. The predicted molar refractivity (Wildman–Crippen MR) is 87.6 cm³/mol. The lowest BCUT2D eigenvalue weighted by Crippen LogP contribution is -2.42. The van der Waals surface area contributed by atoms with Gasteiger partial charge in [-0.15, -0.1) is 0 Å². The first-order chi connectivity index (χ1) is 11.7. The van der Waals surface area contributed by atoms with Crippen molar-refractivity contribution in [2.75, 3.05) is 19.7 Å². The van der Waals surface area contributed by atoms with Crippen LogP contribution in [0.5, 0.6) is 0 Å². The van der Waals surface area contributed by atoms with Crippen LogP contribution in [0.1, 0.15) is 27.9 Å². The van der Waals surface area contributed by atoms with Gasteiger partial charge >= 0.3 is 0 Å². The first-order valence-electron chi connectivity index (χ1n) is 7.88. The third kappa shape index (κ3) is 2.76. The van der Waals surface area contributed by atoms with E-state index in [2.05, 4.69) is 9.97 Å². The minimum absolute atomic E-state index is 0.00653. The van der Waals surface area contributed by atoms with Gasteiger partial charge in [0.2, 0.25) is 0 Å². The molecule has 1 atom stereocenters. The number of morpholine rings is 1. The second-order valence-electron chi connectivity index (χ2n) is 5.85. The van der Waals surface area contributed by atoms with E-state index in [1.165, 1.54) is 0 Å². The molecule has 0 N–H and O–H groups in total. The van der Waals surface area contributed by atoms with Gasteiger partial charge in [-0.1, -0.05) is 0 Å². The number of aryl methyl sites for hydroxylation is 1. The molecule has 6 heteroatoms. The van der Waals surface area contributed by atoms with Crippen molar-refractivity contribution in [1.29, 1.82) is 0 Å². The lowest BCUT2D eigenvalue weighted by Gasteiger charge is -2.32. The van der Waals surface area contributed by atoms with Crippen molar-refractivity contribution in [3.63, 3.8) is 0 Å². The topological polar surface area (TPSA) is 68.5 Å². The number of nitrogens with zero attached hydrogens (tertiary/aromatic N) is 3. The Hall–Kier alpha value is -2.73. The number of benzene rings is 1. The second kappa shape index (κ2) is 6.05. The predicted octanol–water partition coefficient (Wildman–Crippen LogP) is 2.74. The molecule has 0 aliphatic carbocycles. The van der Waals surface area contributed by atoms with Crippen molar-refractivity contribution in [2.45, 2.75) is 13.0 Å². The maximum absolute atomic E-state index is 12.8. The van der Waals surface area contributed by atoms with E-state index >= 15 is 0 Å². The number of furan rings is 1. The molecule has 122 valence electrons. The van der Waals surface area contributed by atoms with E-state index in [-0.39, 0.29) is 12.0 Å². The number of fused-ring (bicyclic) bond motifs is 1. The molecule has 1 fully saturated rings. The van der Waals surface area contributed by atoms with E-state index in [0.717, 1.165) is 22.4 Å². The molecular formula is C18H17N3O3. The first-order valence-corrected chi connectivity index (χ1v) is 7.88. The van der Waals surface area contributed by atoms with Crippen LogP contribution in [0.15, 0.2) is 47.3 Å². The Kier molecular flexibility index (Phi) is 3.74. The van der Waals surface area contributed by atoms with Gasteiger partial charge in [-0.2, -0.15) is 0 Å². The summed E-state index contributed by atoms with van der Waals surface area (Å²) in [5.74, 6) is 0.830. The maximum atomic E-state index is 12.8. The van der Waals surface area contributed by atoms with Crippen molar-refractivity contribution in [3.05, 3.63) is 59.9 Å². The van der Waals surface area contributed by atoms with E-state index < -0.39 is 0 Å². The highest BCUT2D eigenvalue weighted by Crippen LogP contribution is 2.24. The van der Waals surface area contributed by atoms with Gasteiger partial charge in [-0.05, 0) is 31.2 Å². The lowest BCUT2D eigenvalue weighted by atomic mass is 10.1. The van der Waals surface area contributed by atoms with E-state index in [4.69, 9.17) is 9.15 Å². The van der Waals surface area contributed by atoms with Crippen LogP contribution in [0.25, 0.3) is 11.0 Å². The molecule has 6 nitrogen and oxygen atoms in total. The molecule has 0 bridgehead atoms. The number of carbonyl (C=O) groups is 1. The average Bonchev–Trinajstić information content (AvgIpc) is 3.01. The summed E-state index contributed by atoms with van der Waals surface area (Å²) in [6.45, 7) is 3.42. The fraction of sp³-hybridized carbons (Fsp3) is 0.278. The van der Waals surface area contributed by atoms with Gasteiger partial charge in [0.25, 0.3) is 5.91 Å². The van der Waals surface area contributed by atoms with Gasteiger partial charge in [-0.3, -0.25) is 14.8 Å². The van der Waals surface area contributed by atoms with E-state index in [9.17, 15) is 4.79 Å². The molecule has 4 rings (SSSR count). The normalized spacial score (nSPS) is 18.0. The number of aromatic nitrogens is 2. The molecule has 1 aliphatic heterocycles. The Bertz CT molecular complexity index is 876. The Balaban J connectivity index is 1.56. The number of hydrogen-bond donors (Lipinski definition) is 0. The van der Waals surface area contributed by atoms with Crippen LogP contribution in [0.2, 0.25) is 0 Å². The van der Waals surface area contributed by atoms with Crippen LogP contribution >= 0.6 is 0 Å². The van der Waals surface area contributed by atoms with E-state index in [0.29, 0.717) is 25.3 Å². The highest BCUT2D eigenvalue weighted by Gasteiger charge is 2.27. The fourth-order valence-electron chi connectivity index (χ4n) is 2.98. The molecule has 2 aromatic heterocycles. The molecular weight excluding hydrogens is 306 g/mol. The number of ether oxygens (including phenoxy) is 1. The molecule has 0 radical (unpaired) electrons. The van der Waals surface area contributed by atoms with Gasteiger partial charge in [-0.25, -0.2) is 0 Å². The van der Waals surface area contributed by atoms with Crippen LogP contribution in [-0.4, -0.2) is 40.5 Å².